The zero-order chi connectivity index (χ0) is 13.8. The molecule has 2 N–H and O–H groups in total. The van der Waals surface area contributed by atoms with Gasteiger partial charge < -0.3 is 20.3 Å². The Morgan fingerprint density at radius 3 is 2.63 bits per heavy atom. The second-order valence-electron chi connectivity index (χ2n) is 5.18. The first kappa shape index (κ1) is 13.9. The summed E-state index contributed by atoms with van der Waals surface area (Å²) >= 11 is 0. The zero-order valence-corrected chi connectivity index (χ0v) is 12.1. The van der Waals surface area contributed by atoms with Crippen molar-refractivity contribution in [1.29, 1.82) is 0 Å². The van der Waals surface area contributed by atoms with Crippen LogP contribution in [0.2, 0.25) is 0 Å². The van der Waals surface area contributed by atoms with Crippen molar-refractivity contribution in [3.8, 4) is 5.88 Å². The van der Waals surface area contributed by atoms with Gasteiger partial charge in [0, 0.05) is 19.1 Å². The van der Waals surface area contributed by atoms with Crippen molar-refractivity contribution >= 4 is 11.5 Å². The summed E-state index contributed by atoms with van der Waals surface area (Å²) < 4.78 is 5.46. The van der Waals surface area contributed by atoms with E-state index in [1.54, 1.807) is 0 Å². The average Bonchev–Trinajstić information content (AvgIpc) is 2.41. The molecule has 1 saturated heterocycles. The Kier molecular flexibility index (Phi) is 4.47. The summed E-state index contributed by atoms with van der Waals surface area (Å²) in [6.07, 6.45) is 2.34. The van der Waals surface area contributed by atoms with Gasteiger partial charge in [-0.3, -0.25) is 0 Å². The molecule has 0 amide bonds. The molecule has 1 fully saturated rings. The fourth-order valence-electron chi connectivity index (χ4n) is 2.48. The van der Waals surface area contributed by atoms with Crippen LogP contribution in [0.25, 0.3) is 0 Å². The Hall–Kier alpha value is -1.49. The number of anilines is 2. The number of nitrogen functional groups attached to an aromatic ring is 1. The molecule has 0 radical (unpaired) electrons. The van der Waals surface area contributed by atoms with E-state index >= 15 is 0 Å². The lowest BCUT2D eigenvalue weighted by Gasteiger charge is -2.35. The van der Waals surface area contributed by atoms with E-state index in [4.69, 9.17) is 10.5 Å². The molecule has 2 heterocycles. The van der Waals surface area contributed by atoms with Crippen LogP contribution >= 0.6 is 0 Å². The van der Waals surface area contributed by atoms with E-state index in [0.29, 0.717) is 24.2 Å². The lowest BCUT2D eigenvalue weighted by molar-refractivity contribution is 0.249. The molecule has 0 bridgehead atoms. The number of piperidine rings is 1. The van der Waals surface area contributed by atoms with Crippen LogP contribution in [0.4, 0.5) is 11.5 Å². The summed E-state index contributed by atoms with van der Waals surface area (Å²) in [5.41, 5.74) is 6.46. The summed E-state index contributed by atoms with van der Waals surface area (Å²) in [5.74, 6) is 1.52. The number of pyridine rings is 1. The first-order valence-corrected chi connectivity index (χ1v) is 6.92. The Bertz CT molecular complexity index is 414. The van der Waals surface area contributed by atoms with Gasteiger partial charge in [-0.1, -0.05) is 0 Å². The summed E-state index contributed by atoms with van der Waals surface area (Å²) in [6.45, 7) is 4.59. The summed E-state index contributed by atoms with van der Waals surface area (Å²) in [6, 6.07) is 4.54. The molecule has 5 nitrogen and oxygen atoms in total. The molecule has 0 spiro atoms. The molecular formula is C14H24N4O. The van der Waals surface area contributed by atoms with Crippen molar-refractivity contribution in [2.24, 2.45) is 0 Å². The average molecular weight is 264 g/mol. The van der Waals surface area contributed by atoms with Gasteiger partial charge in [-0.2, -0.15) is 4.98 Å². The van der Waals surface area contributed by atoms with Gasteiger partial charge >= 0.3 is 0 Å². The van der Waals surface area contributed by atoms with Gasteiger partial charge in [-0.05, 0) is 46.0 Å². The number of ether oxygens (including phenoxy) is 1. The van der Waals surface area contributed by atoms with Gasteiger partial charge in [-0.15, -0.1) is 0 Å². The molecule has 0 atom stereocenters. The minimum atomic E-state index is 0.551. The quantitative estimate of drug-likeness (QED) is 0.895. The molecule has 106 valence electrons. The summed E-state index contributed by atoms with van der Waals surface area (Å²) in [5, 5.41) is 0. The minimum absolute atomic E-state index is 0.551. The monoisotopic (exact) mass is 264 g/mol. The van der Waals surface area contributed by atoms with Crippen molar-refractivity contribution in [1.82, 2.24) is 9.88 Å². The predicted molar refractivity (Wildman–Crippen MR) is 78.7 cm³/mol. The maximum atomic E-state index is 5.85. The molecule has 5 heteroatoms. The molecule has 2 rings (SSSR count). The Balaban J connectivity index is 2.05. The van der Waals surface area contributed by atoms with Crippen molar-refractivity contribution in [2.45, 2.75) is 25.8 Å². The first-order valence-electron chi connectivity index (χ1n) is 6.92. The second kappa shape index (κ2) is 6.10. The van der Waals surface area contributed by atoms with Crippen LogP contribution in [0.1, 0.15) is 19.8 Å². The van der Waals surface area contributed by atoms with E-state index in [-0.39, 0.29) is 0 Å². The summed E-state index contributed by atoms with van der Waals surface area (Å²) in [4.78, 5) is 9.13. The Morgan fingerprint density at radius 2 is 2.05 bits per heavy atom. The normalized spacial score (nSPS) is 16.9. The van der Waals surface area contributed by atoms with Gasteiger partial charge in [-0.25, -0.2) is 0 Å². The van der Waals surface area contributed by atoms with E-state index in [1.807, 2.05) is 19.1 Å². The highest BCUT2D eigenvalue weighted by Gasteiger charge is 2.21. The highest BCUT2D eigenvalue weighted by molar-refractivity contribution is 5.54. The molecule has 0 unspecified atom stereocenters. The van der Waals surface area contributed by atoms with Gasteiger partial charge in [0.15, 0.2) is 0 Å². The van der Waals surface area contributed by atoms with Crippen LogP contribution in [-0.2, 0) is 0 Å². The lowest BCUT2D eigenvalue weighted by Crippen LogP contribution is -2.42. The van der Waals surface area contributed by atoms with Gasteiger partial charge in [0.1, 0.15) is 5.82 Å². The number of nitrogens with two attached hydrogens (primary N) is 1. The smallest absolute Gasteiger partial charge is 0.239 e. The summed E-state index contributed by atoms with van der Waals surface area (Å²) in [7, 11) is 4.30. The highest BCUT2D eigenvalue weighted by Crippen LogP contribution is 2.25. The third-order valence-electron chi connectivity index (χ3n) is 3.67. The van der Waals surface area contributed by atoms with Gasteiger partial charge in [0.2, 0.25) is 5.88 Å². The zero-order valence-electron chi connectivity index (χ0n) is 12.1. The number of hydrogen-bond acceptors (Lipinski definition) is 5. The Morgan fingerprint density at radius 1 is 1.37 bits per heavy atom. The van der Waals surface area contributed by atoms with E-state index in [0.717, 1.165) is 18.9 Å². The SMILES string of the molecule is CCOc1nc(N2CCC(N(C)C)CC2)ccc1N. The van der Waals surface area contributed by atoms with E-state index in [1.165, 1.54) is 12.8 Å². The standard InChI is InChI=1S/C14H24N4O/c1-4-19-14-12(15)5-6-13(16-14)18-9-7-11(8-10-18)17(2)3/h5-6,11H,4,7-10,15H2,1-3H3. The molecule has 1 aromatic rings. The highest BCUT2D eigenvalue weighted by atomic mass is 16.5. The molecule has 0 aromatic carbocycles. The van der Waals surface area contributed by atoms with Crippen molar-refractivity contribution in [3.63, 3.8) is 0 Å². The van der Waals surface area contributed by atoms with E-state index < -0.39 is 0 Å². The topological polar surface area (TPSA) is 54.6 Å². The van der Waals surface area contributed by atoms with Crippen LogP contribution in [0.15, 0.2) is 12.1 Å². The van der Waals surface area contributed by atoms with Crippen molar-refractivity contribution < 1.29 is 4.74 Å². The molecule has 1 aliphatic heterocycles. The van der Waals surface area contributed by atoms with Gasteiger partial charge in [0.05, 0.1) is 12.3 Å². The number of aromatic nitrogens is 1. The van der Waals surface area contributed by atoms with E-state index in [9.17, 15) is 0 Å². The fraction of sp³-hybridized carbons (Fsp3) is 0.643. The maximum Gasteiger partial charge on any atom is 0.239 e. The lowest BCUT2D eigenvalue weighted by atomic mass is 10.0. The van der Waals surface area contributed by atoms with Crippen LogP contribution in [0.3, 0.4) is 0 Å². The molecule has 1 aromatic heterocycles. The molecule has 0 aliphatic carbocycles. The third kappa shape index (κ3) is 3.29. The second-order valence-corrected chi connectivity index (χ2v) is 5.18. The van der Waals surface area contributed by atoms with Crippen LogP contribution < -0.4 is 15.4 Å². The van der Waals surface area contributed by atoms with E-state index in [2.05, 4.69) is 28.9 Å². The molecule has 1 aliphatic rings. The van der Waals surface area contributed by atoms with Crippen LogP contribution in [0, 0.1) is 0 Å². The molecule has 0 saturated carbocycles. The first-order chi connectivity index (χ1) is 9.11. The third-order valence-corrected chi connectivity index (χ3v) is 3.67. The predicted octanol–water partition coefficient (Wildman–Crippen LogP) is 1.59. The number of rotatable bonds is 4. The number of nitrogens with zero attached hydrogens (tertiary/aromatic N) is 3. The number of hydrogen-bond donors (Lipinski definition) is 1. The molecular weight excluding hydrogens is 240 g/mol. The maximum absolute atomic E-state index is 5.85. The fourth-order valence-corrected chi connectivity index (χ4v) is 2.48. The van der Waals surface area contributed by atoms with Crippen molar-refractivity contribution in [2.75, 3.05) is 44.4 Å². The molecule has 19 heavy (non-hydrogen) atoms. The van der Waals surface area contributed by atoms with Crippen LogP contribution in [-0.4, -0.2) is 49.7 Å². The Labute approximate surface area is 115 Å². The largest absolute Gasteiger partial charge is 0.476 e. The van der Waals surface area contributed by atoms with Crippen LogP contribution in [0.5, 0.6) is 5.88 Å². The van der Waals surface area contributed by atoms with Crippen molar-refractivity contribution in [3.05, 3.63) is 12.1 Å². The van der Waals surface area contributed by atoms with Gasteiger partial charge in [0.25, 0.3) is 0 Å². The minimum Gasteiger partial charge on any atom is -0.476 e.